The summed E-state index contributed by atoms with van der Waals surface area (Å²) in [6.45, 7) is 2.88. The van der Waals surface area contributed by atoms with Crippen molar-refractivity contribution in [3.8, 4) is 0 Å². The molecule has 0 amide bonds. The normalized spacial score (nSPS) is 30.5. The van der Waals surface area contributed by atoms with Gasteiger partial charge in [-0.3, -0.25) is 9.63 Å². The van der Waals surface area contributed by atoms with Gasteiger partial charge in [-0.1, -0.05) is 30.3 Å². The van der Waals surface area contributed by atoms with E-state index in [0.717, 1.165) is 37.7 Å². The zero-order chi connectivity index (χ0) is 14.8. The Bertz CT molecular complexity index is 492. The van der Waals surface area contributed by atoms with Gasteiger partial charge in [-0.15, -0.1) is 0 Å². The Morgan fingerprint density at radius 3 is 2.57 bits per heavy atom. The Labute approximate surface area is 125 Å². The summed E-state index contributed by atoms with van der Waals surface area (Å²) in [6, 6.07) is 10.1. The van der Waals surface area contributed by atoms with Crippen molar-refractivity contribution >= 4 is 5.97 Å². The second-order valence-electron chi connectivity index (χ2n) is 6.33. The lowest BCUT2D eigenvalue weighted by molar-refractivity contribution is -0.154. The maximum Gasteiger partial charge on any atom is 0.312 e. The molecule has 0 spiro atoms. The van der Waals surface area contributed by atoms with Crippen LogP contribution in [-0.2, 0) is 21.0 Å². The minimum absolute atomic E-state index is 0.0192. The zero-order valence-corrected chi connectivity index (χ0v) is 12.6. The number of rotatable bonds is 6. The molecule has 0 unspecified atom stereocenters. The molecule has 1 aromatic rings. The van der Waals surface area contributed by atoms with E-state index in [1.165, 1.54) is 0 Å². The maximum atomic E-state index is 12.2. The highest BCUT2D eigenvalue weighted by Crippen LogP contribution is 2.57. The zero-order valence-electron chi connectivity index (χ0n) is 12.6. The van der Waals surface area contributed by atoms with E-state index >= 15 is 0 Å². The number of nitrogens with one attached hydrogen (secondary N) is 1. The number of benzene rings is 1. The molecule has 1 aromatic carbocycles. The van der Waals surface area contributed by atoms with Gasteiger partial charge in [-0.2, -0.15) is 5.48 Å². The average molecular weight is 289 g/mol. The van der Waals surface area contributed by atoms with Crippen molar-refractivity contribution < 1.29 is 14.4 Å². The second kappa shape index (κ2) is 5.78. The summed E-state index contributed by atoms with van der Waals surface area (Å²) in [4.78, 5) is 17.9. The molecule has 0 heterocycles. The van der Waals surface area contributed by atoms with Crippen LogP contribution >= 0.6 is 0 Å². The van der Waals surface area contributed by atoms with Gasteiger partial charge in [0.2, 0.25) is 0 Å². The van der Waals surface area contributed by atoms with Crippen LogP contribution in [0, 0.1) is 5.41 Å². The van der Waals surface area contributed by atoms with E-state index in [4.69, 9.17) is 9.57 Å². The van der Waals surface area contributed by atoms with Crippen LogP contribution in [0.4, 0.5) is 0 Å². The molecular formula is C17H23NO3. The van der Waals surface area contributed by atoms with Crippen LogP contribution in [0.25, 0.3) is 0 Å². The molecule has 114 valence electrons. The van der Waals surface area contributed by atoms with Crippen LogP contribution in [0.3, 0.4) is 0 Å². The van der Waals surface area contributed by atoms with Gasteiger partial charge >= 0.3 is 5.97 Å². The predicted molar refractivity (Wildman–Crippen MR) is 79.2 cm³/mol. The van der Waals surface area contributed by atoms with E-state index in [9.17, 15) is 4.79 Å². The van der Waals surface area contributed by atoms with Gasteiger partial charge in [0.25, 0.3) is 0 Å². The average Bonchev–Trinajstić information content (AvgIpc) is 3.06. The molecule has 2 aliphatic carbocycles. The topological polar surface area (TPSA) is 47.6 Å². The quantitative estimate of drug-likeness (QED) is 0.646. The summed E-state index contributed by atoms with van der Waals surface area (Å²) in [6.07, 6.45) is 4.63. The fourth-order valence-electron chi connectivity index (χ4n) is 3.75. The van der Waals surface area contributed by atoms with Crippen molar-refractivity contribution in [2.45, 2.75) is 51.2 Å². The Morgan fingerprint density at radius 1 is 1.19 bits per heavy atom. The molecule has 3 rings (SSSR count). The molecule has 1 N–H and O–H groups in total. The summed E-state index contributed by atoms with van der Waals surface area (Å²) in [5, 5.41) is 0. The first-order chi connectivity index (χ1) is 10.2. The fraction of sp³-hybridized carbons (Fsp3) is 0.588. The van der Waals surface area contributed by atoms with Gasteiger partial charge in [0.05, 0.1) is 18.6 Å². The highest BCUT2D eigenvalue weighted by molar-refractivity contribution is 5.78. The van der Waals surface area contributed by atoms with E-state index in [1.807, 2.05) is 37.3 Å². The first-order valence-corrected chi connectivity index (χ1v) is 7.78. The molecule has 21 heavy (non-hydrogen) atoms. The van der Waals surface area contributed by atoms with Crippen LogP contribution in [0.1, 0.15) is 44.6 Å². The SMILES string of the molecule is CCOC(=O)C12CCC(NOCc3ccccc3)(CC1)C2. The number of hydroxylamine groups is 1. The highest BCUT2D eigenvalue weighted by atomic mass is 16.6. The van der Waals surface area contributed by atoms with Gasteiger partial charge in [-0.05, 0) is 44.6 Å². The molecule has 0 atom stereocenters. The molecule has 0 aliphatic heterocycles. The highest BCUT2D eigenvalue weighted by Gasteiger charge is 2.59. The first kappa shape index (κ1) is 14.5. The molecule has 2 bridgehead atoms. The summed E-state index contributed by atoms with van der Waals surface area (Å²) in [7, 11) is 0. The Hall–Kier alpha value is -1.39. The second-order valence-corrected chi connectivity index (χ2v) is 6.33. The van der Waals surface area contributed by atoms with Crippen LogP contribution in [0.15, 0.2) is 30.3 Å². The van der Waals surface area contributed by atoms with E-state index in [2.05, 4.69) is 5.48 Å². The first-order valence-electron chi connectivity index (χ1n) is 7.78. The van der Waals surface area contributed by atoms with Crippen molar-refractivity contribution in [1.82, 2.24) is 5.48 Å². The summed E-state index contributed by atoms with van der Waals surface area (Å²) < 4.78 is 5.26. The van der Waals surface area contributed by atoms with Crippen LogP contribution < -0.4 is 5.48 Å². The number of hydrogen-bond donors (Lipinski definition) is 1. The van der Waals surface area contributed by atoms with Crippen molar-refractivity contribution in [2.75, 3.05) is 6.61 Å². The number of hydrogen-bond acceptors (Lipinski definition) is 4. The van der Waals surface area contributed by atoms with E-state index < -0.39 is 0 Å². The van der Waals surface area contributed by atoms with Crippen LogP contribution in [-0.4, -0.2) is 18.1 Å². The third kappa shape index (κ3) is 2.83. The number of carbonyl (C=O) groups excluding carboxylic acids is 1. The smallest absolute Gasteiger partial charge is 0.312 e. The Morgan fingerprint density at radius 2 is 1.90 bits per heavy atom. The summed E-state index contributed by atoms with van der Waals surface area (Å²) >= 11 is 0. The molecule has 4 heteroatoms. The predicted octanol–water partition coefficient (Wildman–Crippen LogP) is 2.97. The van der Waals surface area contributed by atoms with Crippen molar-refractivity contribution in [3.05, 3.63) is 35.9 Å². The fourth-order valence-corrected chi connectivity index (χ4v) is 3.75. The lowest BCUT2D eigenvalue weighted by atomic mass is 9.84. The summed E-state index contributed by atoms with van der Waals surface area (Å²) in [5.41, 5.74) is 4.09. The van der Waals surface area contributed by atoms with Crippen molar-refractivity contribution in [3.63, 3.8) is 0 Å². The molecule has 4 nitrogen and oxygen atoms in total. The molecular weight excluding hydrogens is 266 g/mol. The molecule has 0 radical (unpaired) electrons. The summed E-state index contributed by atoms with van der Waals surface area (Å²) in [5.74, 6) is -0.0192. The number of esters is 1. The van der Waals surface area contributed by atoms with Gasteiger partial charge in [0, 0.05) is 5.54 Å². The van der Waals surface area contributed by atoms with Crippen LogP contribution in [0.2, 0.25) is 0 Å². The Kier molecular flexibility index (Phi) is 4.00. The molecule has 2 aliphatic rings. The molecule has 0 aromatic heterocycles. The van der Waals surface area contributed by atoms with Crippen molar-refractivity contribution in [2.24, 2.45) is 5.41 Å². The van der Waals surface area contributed by atoms with E-state index in [-0.39, 0.29) is 16.9 Å². The maximum absolute atomic E-state index is 12.2. The lowest BCUT2D eigenvalue weighted by Gasteiger charge is -2.27. The standard InChI is InChI=1S/C17H23NO3/c1-2-20-15(19)16-8-10-17(13-16,11-9-16)18-21-12-14-6-4-3-5-7-14/h3-7,18H,2,8-13H2,1H3. The number of fused-ring (bicyclic) bond motifs is 2. The molecule has 0 saturated heterocycles. The molecule has 2 saturated carbocycles. The number of ether oxygens (including phenoxy) is 1. The van der Waals surface area contributed by atoms with Gasteiger partial charge in [0.1, 0.15) is 0 Å². The molecule has 2 fully saturated rings. The van der Waals surface area contributed by atoms with Crippen molar-refractivity contribution in [1.29, 1.82) is 0 Å². The monoisotopic (exact) mass is 289 g/mol. The Balaban J connectivity index is 1.55. The van der Waals surface area contributed by atoms with Gasteiger partial charge in [0.15, 0.2) is 0 Å². The van der Waals surface area contributed by atoms with E-state index in [1.54, 1.807) is 0 Å². The third-order valence-corrected chi connectivity index (χ3v) is 4.92. The third-order valence-electron chi connectivity index (χ3n) is 4.92. The minimum atomic E-state index is -0.265. The minimum Gasteiger partial charge on any atom is -0.466 e. The number of carbonyl (C=O) groups is 1. The van der Waals surface area contributed by atoms with E-state index in [0.29, 0.717) is 13.2 Å². The lowest BCUT2D eigenvalue weighted by Crippen LogP contribution is -2.40. The van der Waals surface area contributed by atoms with Gasteiger partial charge in [-0.25, -0.2) is 0 Å². The largest absolute Gasteiger partial charge is 0.466 e. The van der Waals surface area contributed by atoms with Crippen LogP contribution in [0.5, 0.6) is 0 Å². The van der Waals surface area contributed by atoms with Gasteiger partial charge < -0.3 is 4.74 Å².